The maximum atomic E-state index is 13.3. The minimum atomic E-state index is -0.363. The third-order valence-corrected chi connectivity index (χ3v) is 5.46. The number of carbonyl (C=O) groups excluding carboxylic acids is 1. The van der Waals surface area contributed by atoms with Gasteiger partial charge in [-0.2, -0.15) is 0 Å². The van der Waals surface area contributed by atoms with Crippen molar-refractivity contribution in [1.29, 1.82) is 0 Å². The Labute approximate surface area is 182 Å². The zero-order valence-electron chi connectivity index (χ0n) is 17.9. The van der Waals surface area contributed by atoms with Gasteiger partial charge in [-0.05, 0) is 48.7 Å². The van der Waals surface area contributed by atoms with Crippen LogP contribution in [0.25, 0.3) is 16.6 Å². The van der Waals surface area contributed by atoms with Crippen molar-refractivity contribution in [1.82, 2.24) is 9.88 Å². The first kappa shape index (κ1) is 20.6. The van der Waals surface area contributed by atoms with Crippen LogP contribution in [0.2, 0.25) is 0 Å². The molecular weight excluding hydrogens is 384 g/mol. The molecule has 0 saturated heterocycles. The zero-order valence-corrected chi connectivity index (χ0v) is 17.9. The van der Waals surface area contributed by atoms with Gasteiger partial charge >= 0.3 is 0 Å². The van der Waals surface area contributed by atoms with Gasteiger partial charge in [0.1, 0.15) is 5.56 Å². The van der Waals surface area contributed by atoms with Crippen LogP contribution in [0.3, 0.4) is 0 Å². The van der Waals surface area contributed by atoms with E-state index in [1.165, 1.54) is 5.56 Å². The maximum Gasteiger partial charge on any atom is 0.257 e. The van der Waals surface area contributed by atoms with Gasteiger partial charge in [0, 0.05) is 23.8 Å². The SMILES string of the molecule is CCCc1ccc2c(c1)c(=O)c(C(=O)NCc1ccc(C)cc1)cn2-c1ccccc1. The molecule has 0 aliphatic rings. The number of para-hydroxylation sites is 1. The zero-order chi connectivity index (χ0) is 21.8. The average molecular weight is 411 g/mol. The van der Waals surface area contributed by atoms with Gasteiger partial charge in [-0.1, -0.05) is 67.4 Å². The van der Waals surface area contributed by atoms with Crippen molar-refractivity contribution in [3.63, 3.8) is 0 Å². The van der Waals surface area contributed by atoms with E-state index in [9.17, 15) is 9.59 Å². The molecule has 0 aliphatic heterocycles. The molecule has 0 saturated carbocycles. The van der Waals surface area contributed by atoms with Crippen molar-refractivity contribution in [3.05, 3.63) is 111 Å². The second kappa shape index (κ2) is 9.00. The highest BCUT2D eigenvalue weighted by atomic mass is 16.2. The van der Waals surface area contributed by atoms with Crippen LogP contribution in [-0.4, -0.2) is 10.5 Å². The van der Waals surface area contributed by atoms with Crippen molar-refractivity contribution < 1.29 is 4.79 Å². The Morgan fingerprint density at radius 2 is 1.65 bits per heavy atom. The fourth-order valence-corrected chi connectivity index (χ4v) is 3.77. The van der Waals surface area contributed by atoms with E-state index in [0.717, 1.165) is 35.2 Å². The summed E-state index contributed by atoms with van der Waals surface area (Å²) in [5, 5.41) is 3.47. The Balaban J connectivity index is 1.78. The predicted molar refractivity (Wildman–Crippen MR) is 126 cm³/mol. The lowest BCUT2D eigenvalue weighted by Gasteiger charge is -2.15. The van der Waals surface area contributed by atoms with Gasteiger partial charge in [0.15, 0.2) is 0 Å². The maximum absolute atomic E-state index is 13.3. The van der Waals surface area contributed by atoms with Crippen LogP contribution < -0.4 is 10.7 Å². The van der Waals surface area contributed by atoms with Crippen molar-refractivity contribution in [2.75, 3.05) is 0 Å². The van der Waals surface area contributed by atoms with Crippen LogP contribution in [0.4, 0.5) is 0 Å². The smallest absolute Gasteiger partial charge is 0.257 e. The summed E-state index contributed by atoms with van der Waals surface area (Å²) in [7, 11) is 0. The second-order valence-corrected chi connectivity index (χ2v) is 7.85. The number of benzene rings is 3. The van der Waals surface area contributed by atoms with Gasteiger partial charge in [-0.15, -0.1) is 0 Å². The highest BCUT2D eigenvalue weighted by Crippen LogP contribution is 2.20. The van der Waals surface area contributed by atoms with E-state index >= 15 is 0 Å². The molecule has 4 nitrogen and oxygen atoms in total. The molecule has 1 heterocycles. The van der Waals surface area contributed by atoms with E-state index in [-0.39, 0.29) is 16.9 Å². The van der Waals surface area contributed by atoms with E-state index < -0.39 is 0 Å². The summed E-state index contributed by atoms with van der Waals surface area (Å²) in [5.74, 6) is -0.363. The number of rotatable bonds is 6. The lowest BCUT2D eigenvalue weighted by Crippen LogP contribution is -2.29. The van der Waals surface area contributed by atoms with Crippen molar-refractivity contribution in [2.45, 2.75) is 33.2 Å². The first-order chi connectivity index (χ1) is 15.1. The molecule has 156 valence electrons. The van der Waals surface area contributed by atoms with Crippen LogP contribution in [0.15, 0.2) is 83.8 Å². The molecule has 0 atom stereocenters. The quantitative estimate of drug-likeness (QED) is 0.476. The summed E-state index contributed by atoms with van der Waals surface area (Å²) in [6, 6.07) is 23.7. The lowest BCUT2D eigenvalue weighted by atomic mass is 10.0. The number of aromatic nitrogens is 1. The fourth-order valence-electron chi connectivity index (χ4n) is 3.77. The predicted octanol–water partition coefficient (Wildman–Crippen LogP) is 5.18. The number of fused-ring (bicyclic) bond motifs is 1. The minimum absolute atomic E-state index is 0.150. The summed E-state index contributed by atoms with van der Waals surface area (Å²) >= 11 is 0. The second-order valence-electron chi connectivity index (χ2n) is 7.85. The first-order valence-electron chi connectivity index (χ1n) is 10.6. The minimum Gasteiger partial charge on any atom is -0.348 e. The summed E-state index contributed by atoms with van der Waals surface area (Å²) in [4.78, 5) is 26.3. The van der Waals surface area contributed by atoms with Crippen molar-refractivity contribution in [2.24, 2.45) is 0 Å². The summed E-state index contributed by atoms with van der Waals surface area (Å²) in [5.41, 5.74) is 4.88. The van der Waals surface area contributed by atoms with Gasteiger partial charge in [-0.3, -0.25) is 9.59 Å². The van der Waals surface area contributed by atoms with E-state index in [4.69, 9.17) is 0 Å². The molecule has 0 unspecified atom stereocenters. The number of aryl methyl sites for hydroxylation is 2. The molecule has 0 radical (unpaired) electrons. The number of carbonyl (C=O) groups is 1. The number of pyridine rings is 1. The molecule has 0 fully saturated rings. The molecule has 3 aromatic carbocycles. The molecule has 4 rings (SSSR count). The molecule has 31 heavy (non-hydrogen) atoms. The van der Waals surface area contributed by atoms with Crippen molar-refractivity contribution in [3.8, 4) is 5.69 Å². The Hall–Kier alpha value is -3.66. The Bertz CT molecular complexity index is 1270. The van der Waals surface area contributed by atoms with Crippen LogP contribution in [0.1, 0.15) is 40.4 Å². The molecule has 0 aliphatic carbocycles. The average Bonchev–Trinajstić information content (AvgIpc) is 2.80. The summed E-state index contributed by atoms with van der Waals surface area (Å²) in [6.07, 6.45) is 3.55. The molecule has 0 spiro atoms. The van der Waals surface area contributed by atoms with Crippen LogP contribution in [0.5, 0.6) is 0 Å². The highest BCUT2D eigenvalue weighted by molar-refractivity contribution is 5.97. The third kappa shape index (κ3) is 4.43. The van der Waals surface area contributed by atoms with Gasteiger partial charge in [0.25, 0.3) is 5.91 Å². The molecule has 1 aromatic heterocycles. The van der Waals surface area contributed by atoms with E-state index in [0.29, 0.717) is 11.9 Å². The van der Waals surface area contributed by atoms with Gasteiger partial charge in [-0.25, -0.2) is 0 Å². The number of hydrogen-bond donors (Lipinski definition) is 1. The molecule has 4 heteroatoms. The molecular formula is C27H26N2O2. The Morgan fingerprint density at radius 3 is 2.35 bits per heavy atom. The summed E-state index contributed by atoms with van der Waals surface area (Å²) in [6.45, 7) is 4.51. The van der Waals surface area contributed by atoms with Gasteiger partial charge < -0.3 is 9.88 Å². The molecule has 1 N–H and O–H groups in total. The summed E-state index contributed by atoms with van der Waals surface area (Å²) < 4.78 is 1.92. The largest absolute Gasteiger partial charge is 0.348 e. The molecule has 4 aromatic rings. The van der Waals surface area contributed by atoms with E-state index in [1.54, 1.807) is 6.20 Å². The van der Waals surface area contributed by atoms with Crippen LogP contribution in [-0.2, 0) is 13.0 Å². The lowest BCUT2D eigenvalue weighted by molar-refractivity contribution is 0.0949. The van der Waals surface area contributed by atoms with Gasteiger partial charge in [0.05, 0.1) is 5.52 Å². The number of amides is 1. The Kier molecular flexibility index (Phi) is 5.99. The third-order valence-electron chi connectivity index (χ3n) is 5.46. The normalized spacial score (nSPS) is 10.9. The van der Waals surface area contributed by atoms with Crippen LogP contribution >= 0.6 is 0 Å². The highest BCUT2D eigenvalue weighted by Gasteiger charge is 2.16. The molecule has 1 amide bonds. The standard InChI is InChI=1S/C27H26N2O2/c1-3-7-20-14-15-25-23(16-20)26(30)24(18-29(25)22-8-5-4-6-9-22)27(31)28-17-21-12-10-19(2)11-13-21/h4-6,8-16,18H,3,7,17H2,1-2H3,(H,28,31). The number of nitrogens with zero attached hydrogens (tertiary/aromatic N) is 1. The molecule has 0 bridgehead atoms. The monoisotopic (exact) mass is 410 g/mol. The van der Waals surface area contributed by atoms with E-state index in [2.05, 4.69) is 18.3 Å². The number of nitrogens with one attached hydrogen (secondary N) is 1. The topological polar surface area (TPSA) is 51.1 Å². The Morgan fingerprint density at radius 1 is 0.935 bits per heavy atom. The van der Waals surface area contributed by atoms with Crippen molar-refractivity contribution >= 4 is 16.8 Å². The van der Waals surface area contributed by atoms with Gasteiger partial charge in [0.2, 0.25) is 5.43 Å². The fraction of sp³-hybridized carbons (Fsp3) is 0.185. The van der Waals surface area contributed by atoms with Crippen LogP contribution in [0, 0.1) is 6.92 Å². The number of hydrogen-bond acceptors (Lipinski definition) is 2. The van der Waals surface area contributed by atoms with E-state index in [1.807, 2.05) is 78.2 Å². The first-order valence-corrected chi connectivity index (χ1v) is 10.6.